The highest BCUT2D eigenvalue weighted by atomic mass is 16.5. The number of nitrogens with zero attached hydrogens (tertiary/aromatic N) is 1. The number of hydrogen-bond donors (Lipinski definition) is 1. The van der Waals surface area contributed by atoms with Gasteiger partial charge in [-0.2, -0.15) is 5.26 Å². The molecule has 0 heterocycles. The molecule has 0 spiro atoms. The number of methoxy groups -OCH3 is 1. The van der Waals surface area contributed by atoms with Gasteiger partial charge in [0.15, 0.2) is 0 Å². The summed E-state index contributed by atoms with van der Waals surface area (Å²) in [5, 5.41) is 12.3. The molecule has 134 valence electrons. The summed E-state index contributed by atoms with van der Waals surface area (Å²) in [5.74, 6) is 0.522. The summed E-state index contributed by atoms with van der Waals surface area (Å²) in [6.07, 6.45) is 4.97. The zero-order chi connectivity index (χ0) is 18.6. The number of aryl methyl sites for hydroxylation is 1. The molecule has 0 atom stereocenters. The number of nitrogens with one attached hydrogen (secondary N) is 1. The molecule has 0 unspecified atom stereocenters. The standard InChI is InChI=1S/C22H24N2O2/c1-16-7-6-8-18(13-16)22(11-4-3-5-12-22)21(25)24-19-9-10-20(26-2)17(14-19)15-23/h6-10,13-14H,3-5,11-12H2,1-2H3,(H,24,25). The van der Waals surface area contributed by atoms with E-state index in [1.807, 2.05) is 6.07 Å². The number of hydrogen-bond acceptors (Lipinski definition) is 3. The highest BCUT2D eigenvalue weighted by Crippen LogP contribution is 2.41. The summed E-state index contributed by atoms with van der Waals surface area (Å²) in [4.78, 5) is 13.3. The van der Waals surface area contributed by atoms with Crippen LogP contribution in [0.1, 0.15) is 48.8 Å². The second-order valence-electron chi connectivity index (χ2n) is 6.99. The largest absolute Gasteiger partial charge is 0.495 e. The number of amides is 1. The second-order valence-corrected chi connectivity index (χ2v) is 6.99. The molecule has 3 rings (SSSR count). The minimum atomic E-state index is -0.503. The number of anilines is 1. The smallest absolute Gasteiger partial charge is 0.235 e. The van der Waals surface area contributed by atoms with Gasteiger partial charge in [0.25, 0.3) is 0 Å². The Morgan fingerprint density at radius 2 is 1.92 bits per heavy atom. The zero-order valence-corrected chi connectivity index (χ0v) is 15.3. The van der Waals surface area contributed by atoms with Crippen molar-refractivity contribution >= 4 is 11.6 Å². The van der Waals surface area contributed by atoms with E-state index in [9.17, 15) is 10.1 Å². The Bertz CT molecular complexity index is 845. The van der Waals surface area contributed by atoms with Crippen LogP contribution in [0.4, 0.5) is 5.69 Å². The van der Waals surface area contributed by atoms with Gasteiger partial charge in [0.1, 0.15) is 11.8 Å². The van der Waals surface area contributed by atoms with Gasteiger partial charge in [-0.25, -0.2) is 0 Å². The van der Waals surface area contributed by atoms with E-state index >= 15 is 0 Å². The molecule has 0 radical (unpaired) electrons. The average Bonchev–Trinajstić information content (AvgIpc) is 2.68. The van der Waals surface area contributed by atoms with Crippen LogP contribution in [0.5, 0.6) is 5.75 Å². The Balaban J connectivity index is 1.93. The van der Waals surface area contributed by atoms with Crippen molar-refractivity contribution in [1.82, 2.24) is 0 Å². The zero-order valence-electron chi connectivity index (χ0n) is 15.3. The highest BCUT2D eigenvalue weighted by Gasteiger charge is 2.41. The number of benzene rings is 2. The van der Waals surface area contributed by atoms with Crippen molar-refractivity contribution in [2.24, 2.45) is 0 Å². The van der Waals surface area contributed by atoms with Crippen molar-refractivity contribution < 1.29 is 9.53 Å². The van der Waals surface area contributed by atoms with E-state index in [1.165, 1.54) is 13.5 Å². The molecule has 0 aliphatic heterocycles. The quantitative estimate of drug-likeness (QED) is 0.870. The first-order valence-electron chi connectivity index (χ1n) is 9.06. The van der Waals surface area contributed by atoms with Gasteiger partial charge in [-0.3, -0.25) is 4.79 Å². The molecule has 0 bridgehead atoms. The van der Waals surface area contributed by atoms with Crippen molar-refractivity contribution in [3.63, 3.8) is 0 Å². The molecule has 1 amide bonds. The maximum atomic E-state index is 13.3. The molecule has 1 saturated carbocycles. The van der Waals surface area contributed by atoms with E-state index < -0.39 is 5.41 Å². The maximum absolute atomic E-state index is 13.3. The summed E-state index contributed by atoms with van der Waals surface area (Å²) in [5.41, 5.74) is 2.79. The summed E-state index contributed by atoms with van der Waals surface area (Å²) in [6.45, 7) is 2.06. The van der Waals surface area contributed by atoms with Crippen LogP contribution < -0.4 is 10.1 Å². The lowest BCUT2D eigenvalue weighted by Crippen LogP contribution is -2.42. The molecular formula is C22H24N2O2. The average molecular weight is 348 g/mol. The van der Waals surface area contributed by atoms with Crippen LogP contribution >= 0.6 is 0 Å². The number of nitriles is 1. The van der Waals surface area contributed by atoms with Gasteiger partial charge in [0.2, 0.25) is 5.91 Å². The normalized spacial score (nSPS) is 15.7. The predicted octanol–water partition coefficient (Wildman–Crippen LogP) is 4.72. The summed E-state index contributed by atoms with van der Waals surface area (Å²) >= 11 is 0. The predicted molar refractivity (Wildman–Crippen MR) is 102 cm³/mol. The van der Waals surface area contributed by atoms with Crippen molar-refractivity contribution in [2.45, 2.75) is 44.4 Å². The molecule has 2 aromatic carbocycles. The molecule has 0 aromatic heterocycles. The fraction of sp³-hybridized carbons (Fsp3) is 0.364. The van der Waals surface area contributed by atoms with Crippen molar-refractivity contribution in [1.29, 1.82) is 5.26 Å². The molecule has 2 aromatic rings. The van der Waals surface area contributed by atoms with Crippen molar-refractivity contribution in [3.8, 4) is 11.8 Å². The van der Waals surface area contributed by atoms with Crippen LogP contribution in [0.25, 0.3) is 0 Å². The van der Waals surface area contributed by atoms with Crippen molar-refractivity contribution in [2.75, 3.05) is 12.4 Å². The van der Waals surface area contributed by atoms with Gasteiger partial charge in [0.05, 0.1) is 18.1 Å². The summed E-state index contributed by atoms with van der Waals surface area (Å²) in [7, 11) is 1.53. The minimum absolute atomic E-state index is 0.0110. The van der Waals surface area contributed by atoms with Gasteiger partial charge in [-0.05, 0) is 43.5 Å². The van der Waals surface area contributed by atoms with Gasteiger partial charge in [0, 0.05) is 5.69 Å². The van der Waals surface area contributed by atoms with E-state index in [1.54, 1.807) is 18.2 Å². The van der Waals surface area contributed by atoms with Crippen LogP contribution in [0.3, 0.4) is 0 Å². The number of ether oxygens (including phenoxy) is 1. The van der Waals surface area contributed by atoms with Gasteiger partial charge < -0.3 is 10.1 Å². The number of carbonyl (C=O) groups excluding carboxylic acids is 1. The molecule has 1 fully saturated rings. The minimum Gasteiger partial charge on any atom is -0.495 e. The molecule has 26 heavy (non-hydrogen) atoms. The third-order valence-electron chi connectivity index (χ3n) is 5.29. The lowest BCUT2D eigenvalue weighted by atomic mass is 9.68. The SMILES string of the molecule is COc1ccc(NC(=O)C2(c3cccc(C)c3)CCCCC2)cc1C#N. The molecule has 1 aliphatic carbocycles. The summed E-state index contributed by atoms with van der Waals surface area (Å²) < 4.78 is 5.18. The van der Waals surface area contributed by atoms with Gasteiger partial charge in [-0.15, -0.1) is 0 Å². The third-order valence-corrected chi connectivity index (χ3v) is 5.29. The molecule has 1 aliphatic rings. The maximum Gasteiger partial charge on any atom is 0.235 e. The van der Waals surface area contributed by atoms with Crippen molar-refractivity contribution in [3.05, 3.63) is 59.2 Å². The molecule has 1 N–H and O–H groups in total. The highest BCUT2D eigenvalue weighted by molar-refractivity contribution is 5.99. The fourth-order valence-electron chi connectivity index (χ4n) is 3.87. The van der Waals surface area contributed by atoms with Crippen LogP contribution in [-0.2, 0) is 10.2 Å². The lowest BCUT2D eigenvalue weighted by Gasteiger charge is -2.36. The molecule has 4 nitrogen and oxygen atoms in total. The van der Waals surface area contributed by atoms with E-state index in [-0.39, 0.29) is 5.91 Å². The van der Waals surface area contributed by atoms with E-state index in [0.717, 1.165) is 36.8 Å². The molecular weight excluding hydrogens is 324 g/mol. The van der Waals surface area contributed by atoms with Crippen LogP contribution in [0.15, 0.2) is 42.5 Å². The lowest BCUT2D eigenvalue weighted by molar-refractivity contribution is -0.122. The van der Waals surface area contributed by atoms with Crippen LogP contribution in [0.2, 0.25) is 0 Å². The first-order chi connectivity index (χ1) is 12.6. The topological polar surface area (TPSA) is 62.1 Å². The Kier molecular flexibility index (Phi) is 5.27. The second kappa shape index (κ2) is 7.61. The molecule has 4 heteroatoms. The Hall–Kier alpha value is -2.80. The number of rotatable bonds is 4. The third kappa shape index (κ3) is 3.43. The van der Waals surface area contributed by atoms with Gasteiger partial charge >= 0.3 is 0 Å². The van der Waals surface area contributed by atoms with E-state index in [0.29, 0.717) is 17.0 Å². The first kappa shape index (κ1) is 18.0. The Labute approximate surface area is 154 Å². The Morgan fingerprint density at radius 3 is 2.58 bits per heavy atom. The summed E-state index contributed by atoms with van der Waals surface area (Å²) in [6, 6.07) is 15.5. The van der Waals surface area contributed by atoms with Crippen LogP contribution in [0, 0.1) is 18.3 Å². The number of carbonyl (C=O) groups is 1. The van der Waals surface area contributed by atoms with Crippen LogP contribution in [-0.4, -0.2) is 13.0 Å². The van der Waals surface area contributed by atoms with E-state index in [4.69, 9.17) is 4.74 Å². The first-order valence-corrected chi connectivity index (χ1v) is 9.06. The Morgan fingerprint density at radius 1 is 1.15 bits per heavy atom. The van der Waals surface area contributed by atoms with Gasteiger partial charge in [-0.1, -0.05) is 49.1 Å². The monoisotopic (exact) mass is 348 g/mol. The molecule has 0 saturated heterocycles. The van der Waals surface area contributed by atoms with E-state index in [2.05, 4.69) is 36.5 Å². The fourth-order valence-corrected chi connectivity index (χ4v) is 3.87.